The molecule has 1 unspecified atom stereocenters. The summed E-state index contributed by atoms with van der Waals surface area (Å²) in [6, 6.07) is 7.69. The van der Waals surface area contributed by atoms with Gasteiger partial charge >= 0.3 is 0 Å². The second kappa shape index (κ2) is 3.71. The molecule has 0 spiro atoms. The predicted octanol–water partition coefficient (Wildman–Crippen LogP) is 1.94. The minimum atomic E-state index is -0.913. The molecule has 0 saturated carbocycles. The van der Waals surface area contributed by atoms with Crippen LogP contribution in [0.5, 0.6) is 0 Å². The highest BCUT2D eigenvalue weighted by atomic mass is 16.4. The van der Waals surface area contributed by atoms with Gasteiger partial charge in [-0.25, -0.2) is 4.98 Å². The third kappa shape index (κ3) is 1.60. The lowest BCUT2D eigenvalue weighted by atomic mass is 10.1. The lowest BCUT2D eigenvalue weighted by Gasteiger charge is -2.01. The van der Waals surface area contributed by atoms with Gasteiger partial charge in [0.2, 0.25) is 0 Å². The van der Waals surface area contributed by atoms with Gasteiger partial charge in [0.05, 0.1) is 0 Å². The normalized spacial score (nSPS) is 13.1. The van der Waals surface area contributed by atoms with E-state index in [9.17, 15) is 5.11 Å². The van der Waals surface area contributed by atoms with Crippen LogP contribution in [0, 0.1) is 6.92 Å². The number of aryl methyl sites for hydroxylation is 1. The molecule has 0 saturated heterocycles. The van der Waals surface area contributed by atoms with Crippen LogP contribution in [-0.4, -0.2) is 20.3 Å². The highest BCUT2D eigenvalue weighted by molar-refractivity contribution is 5.81. The first-order chi connectivity index (χ1) is 8.25. The van der Waals surface area contributed by atoms with E-state index in [-0.39, 0.29) is 0 Å². The molecule has 0 fully saturated rings. The van der Waals surface area contributed by atoms with Gasteiger partial charge in [-0.15, -0.1) is 0 Å². The molecule has 17 heavy (non-hydrogen) atoms. The largest absolute Gasteiger partial charge is 0.458 e. The summed E-state index contributed by atoms with van der Waals surface area (Å²) in [4.78, 5) is 3.91. The SMILES string of the molecule is Cc1cccc2cc(C(O)c3ncn[nH]3)oc12. The smallest absolute Gasteiger partial charge is 0.171 e. The number of nitrogens with zero attached hydrogens (tertiary/aromatic N) is 2. The molecule has 5 heteroatoms. The Morgan fingerprint density at radius 3 is 3.00 bits per heavy atom. The van der Waals surface area contributed by atoms with Gasteiger partial charge in [-0.1, -0.05) is 18.2 Å². The summed E-state index contributed by atoms with van der Waals surface area (Å²) in [5.41, 5.74) is 1.83. The Morgan fingerprint density at radius 2 is 2.29 bits per heavy atom. The van der Waals surface area contributed by atoms with Crippen molar-refractivity contribution >= 4 is 11.0 Å². The monoisotopic (exact) mass is 229 g/mol. The predicted molar refractivity (Wildman–Crippen MR) is 61.4 cm³/mol. The van der Waals surface area contributed by atoms with E-state index in [2.05, 4.69) is 15.2 Å². The first-order valence-electron chi connectivity index (χ1n) is 5.28. The van der Waals surface area contributed by atoms with Gasteiger partial charge < -0.3 is 9.52 Å². The number of hydrogen-bond donors (Lipinski definition) is 2. The molecule has 0 amide bonds. The molecule has 5 nitrogen and oxygen atoms in total. The molecule has 3 aromatic rings. The third-order valence-electron chi connectivity index (χ3n) is 2.72. The summed E-state index contributed by atoms with van der Waals surface area (Å²) in [6.07, 6.45) is 0.441. The van der Waals surface area contributed by atoms with Gasteiger partial charge in [0.15, 0.2) is 11.9 Å². The number of fused-ring (bicyclic) bond motifs is 1. The number of furan rings is 1. The van der Waals surface area contributed by atoms with Gasteiger partial charge in [-0.05, 0) is 18.6 Å². The fourth-order valence-corrected chi connectivity index (χ4v) is 1.85. The molecule has 1 atom stereocenters. The Balaban J connectivity index is 2.10. The number of aromatic nitrogens is 3. The van der Waals surface area contributed by atoms with E-state index in [1.807, 2.05) is 31.2 Å². The number of para-hydroxylation sites is 1. The fraction of sp³-hybridized carbons (Fsp3) is 0.167. The number of benzene rings is 1. The fourth-order valence-electron chi connectivity index (χ4n) is 1.85. The first-order valence-corrected chi connectivity index (χ1v) is 5.28. The summed E-state index contributed by atoms with van der Waals surface area (Å²) >= 11 is 0. The average Bonchev–Trinajstić information content (AvgIpc) is 2.98. The lowest BCUT2D eigenvalue weighted by Crippen LogP contribution is -2.00. The number of aliphatic hydroxyl groups excluding tert-OH is 1. The standard InChI is InChI=1S/C12H11N3O2/c1-7-3-2-4-8-5-9(17-11(7)8)10(16)12-13-6-14-15-12/h2-6,10,16H,1H3,(H,13,14,15). The van der Waals surface area contributed by atoms with Crippen molar-refractivity contribution in [3.05, 3.63) is 47.7 Å². The lowest BCUT2D eigenvalue weighted by molar-refractivity contribution is 0.183. The average molecular weight is 229 g/mol. The Kier molecular flexibility index (Phi) is 2.19. The van der Waals surface area contributed by atoms with Crippen LogP contribution >= 0.6 is 0 Å². The number of aliphatic hydroxyl groups is 1. The summed E-state index contributed by atoms with van der Waals surface area (Å²) in [7, 11) is 0. The van der Waals surface area contributed by atoms with Gasteiger partial charge in [0.1, 0.15) is 17.7 Å². The minimum Gasteiger partial charge on any atom is -0.458 e. The second-order valence-electron chi connectivity index (χ2n) is 3.92. The van der Waals surface area contributed by atoms with E-state index in [4.69, 9.17) is 4.42 Å². The second-order valence-corrected chi connectivity index (χ2v) is 3.92. The van der Waals surface area contributed by atoms with E-state index in [0.717, 1.165) is 16.5 Å². The Morgan fingerprint density at radius 1 is 1.41 bits per heavy atom. The molecule has 0 radical (unpaired) electrons. The van der Waals surface area contributed by atoms with E-state index < -0.39 is 6.10 Å². The number of rotatable bonds is 2. The molecule has 0 aliphatic carbocycles. The molecule has 0 bridgehead atoms. The summed E-state index contributed by atoms with van der Waals surface area (Å²) in [5.74, 6) is 0.841. The van der Waals surface area contributed by atoms with E-state index >= 15 is 0 Å². The molecular weight excluding hydrogens is 218 g/mol. The molecule has 3 rings (SSSR count). The summed E-state index contributed by atoms with van der Waals surface area (Å²) in [6.45, 7) is 1.97. The van der Waals surface area contributed by atoms with Crippen LogP contribution in [0.4, 0.5) is 0 Å². The molecule has 0 aliphatic rings. The van der Waals surface area contributed by atoms with Gasteiger partial charge in [-0.2, -0.15) is 5.10 Å². The van der Waals surface area contributed by atoms with Crippen molar-refractivity contribution < 1.29 is 9.52 Å². The van der Waals surface area contributed by atoms with Gasteiger partial charge in [-0.3, -0.25) is 5.10 Å². The highest BCUT2D eigenvalue weighted by Gasteiger charge is 2.18. The number of hydrogen-bond acceptors (Lipinski definition) is 4. The Bertz CT molecular complexity index is 643. The van der Waals surface area contributed by atoms with Crippen molar-refractivity contribution in [2.75, 3.05) is 0 Å². The zero-order valence-corrected chi connectivity index (χ0v) is 9.21. The Labute approximate surface area is 97.1 Å². The first kappa shape index (κ1) is 10.0. The Hall–Kier alpha value is -2.14. The van der Waals surface area contributed by atoms with Gasteiger partial charge in [0.25, 0.3) is 0 Å². The van der Waals surface area contributed by atoms with Crippen molar-refractivity contribution in [2.24, 2.45) is 0 Å². The molecule has 1 aromatic carbocycles. The van der Waals surface area contributed by atoms with Crippen LogP contribution in [0.2, 0.25) is 0 Å². The van der Waals surface area contributed by atoms with Crippen molar-refractivity contribution in [1.82, 2.24) is 15.2 Å². The maximum absolute atomic E-state index is 10.0. The van der Waals surface area contributed by atoms with Crippen LogP contribution in [0.25, 0.3) is 11.0 Å². The van der Waals surface area contributed by atoms with Gasteiger partial charge in [0, 0.05) is 5.39 Å². The highest BCUT2D eigenvalue weighted by Crippen LogP contribution is 2.28. The maximum atomic E-state index is 10.0. The van der Waals surface area contributed by atoms with Crippen molar-refractivity contribution in [1.29, 1.82) is 0 Å². The number of aromatic amines is 1. The van der Waals surface area contributed by atoms with Crippen LogP contribution in [0.1, 0.15) is 23.3 Å². The van der Waals surface area contributed by atoms with Crippen LogP contribution in [0.15, 0.2) is 35.0 Å². The number of nitrogens with one attached hydrogen (secondary N) is 1. The van der Waals surface area contributed by atoms with Crippen molar-refractivity contribution in [2.45, 2.75) is 13.0 Å². The molecule has 86 valence electrons. The van der Waals surface area contributed by atoms with E-state index in [1.165, 1.54) is 6.33 Å². The maximum Gasteiger partial charge on any atom is 0.171 e. The minimum absolute atomic E-state index is 0.377. The molecule has 2 heterocycles. The quantitative estimate of drug-likeness (QED) is 0.704. The zero-order valence-electron chi connectivity index (χ0n) is 9.21. The van der Waals surface area contributed by atoms with Crippen LogP contribution in [-0.2, 0) is 0 Å². The molecular formula is C12H11N3O2. The van der Waals surface area contributed by atoms with Crippen LogP contribution in [0.3, 0.4) is 0 Å². The summed E-state index contributed by atoms with van der Waals surface area (Å²) in [5, 5.41) is 17.3. The van der Waals surface area contributed by atoms with E-state index in [0.29, 0.717) is 11.6 Å². The molecule has 2 aromatic heterocycles. The summed E-state index contributed by atoms with van der Waals surface area (Å²) < 4.78 is 5.65. The molecule has 2 N–H and O–H groups in total. The van der Waals surface area contributed by atoms with E-state index in [1.54, 1.807) is 0 Å². The number of H-pyrrole nitrogens is 1. The topological polar surface area (TPSA) is 74.9 Å². The van der Waals surface area contributed by atoms with Crippen molar-refractivity contribution in [3.8, 4) is 0 Å². The third-order valence-corrected chi connectivity index (χ3v) is 2.72. The zero-order chi connectivity index (χ0) is 11.8. The van der Waals surface area contributed by atoms with Crippen LogP contribution < -0.4 is 0 Å². The van der Waals surface area contributed by atoms with Crippen molar-refractivity contribution in [3.63, 3.8) is 0 Å². The molecule has 0 aliphatic heterocycles.